The Bertz CT molecular complexity index is 1180. The van der Waals surface area contributed by atoms with Crippen molar-refractivity contribution in [3.8, 4) is 0 Å². The second-order valence-corrected chi connectivity index (χ2v) is 9.91. The Morgan fingerprint density at radius 3 is 2.61 bits per heavy atom. The number of likely N-dealkylation sites (tertiary alicyclic amines) is 1. The molecule has 8 nitrogen and oxygen atoms in total. The molecule has 0 spiro atoms. The van der Waals surface area contributed by atoms with Gasteiger partial charge in [0.2, 0.25) is 5.91 Å². The molecule has 3 heterocycles. The molecule has 1 saturated heterocycles. The third-order valence-electron chi connectivity index (χ3n) is 6.48. The highest BCUT2D eigenvalue weighted by atomic mass is 16.3. The van der Waals surface area contributed by atoms with Crippen molar-refractivity contribution >= 4 is 28.6 Å². The van der Waals surface area contributed by atoms with Gasteiger partial charge >= 0.3 is 0 Å². The summed E-state index contributed by atoms with van der Waals surface area (Å²) in [6.45, 7) is 7.57. The molecule has 1 aliphatic rings. The number of rotatable bonds is 9. The van der Waals surface area contributed by atoms with E-state index in [1.807, 2.05) is 51.1 Å². The van der Waals surface area contributed by atoms with Gasteiger partial charge in [-0.25, -0.2) is 0 Å². The van der Waals surface area contributed by atoms with Crippen LogP contribution < -0.4 is 10.6 Å². The van der Waals surface area contributed by atoms with Crippen molar-refractivity contribution in [1.29, 1.82) is 0 Å². The first-order chi connectivity index (χ1) is 17.3. The number of carbonyl (C=O) groups is 3. The van der Waals surface area contributed by atoms with Gasteiger partial charge in [0.25, 0.3) is 5.91 Å². The molecule has 1 aromatic carbocycles. The molecule has 1 fully saturated rings. The molecule has 2 N–H and O–H groups in total. The molecule has 4 rings (SSSR count). The summed E-state index contributed by atoms with van der Waals surface area (Å²) in [6.07, 6.45) is 2.62. The van der Waals surface area contributed by atoms with Crippen LogP contribution in [0.3, 0.4) is 0 Å². The maximum absolute atomic E-state index is 13.2. The van der Waals surface area contributed by atoms with Crippen molar-refractivity contribution < 1.29 is 23.2 Å². The van der Waals surface area contributed by atoms with Crippen LogP contribution in [0.15, 0.2) is 51.3 Å². The first kappa shape index (κ1) is 25.7. The van der Waals surface area contributed by atoms with Gasteiger partial charge in [0.15, 0.2) is 11.5 Å². The lowest BCUT2D eigenvalue weighted by Crippen LogP contribution is -2.52. The van der Waals surface area contributed by atoms with Gasteiger partial charge in [-0.15, -0.1) is 0 Å². The fourth-order valence-corrected chi connectivity index (χ4v) is 4.59. The summed E-state index contributed by atoms with van der Waals surface area (Å²) < 4.78 is 11.5. The number of para-hydroxylation sites is 1. The van der Waals surface area contributed by atoms with Crippen LogP contribution in [0.1, 0.15) is 62.1 Å². The van der Waals surface area contributed by atoms with E-state index in [2.05, 4.69) is 15.5 Å². The fraction of sp³-hybridized carbons (Fsp3) is 0.464. The molecule has 8 heteroatoms. The van der Waals surface area contributed by atoms with Crippen molar-refractivity contribution in [3.05, 3.63) is 59.7 Å². The molecule has 0 aliphatic carbocycles. The third kappa shape index (κ3) is 6.43. The lowest BCUT2D eigenvalue weighted by molar-refractivity contribution is -0.129. The molecule has 3 aromatic rings. The minimum atomic E-state index is -0.770. The smallest absolute Gasteiger partial charge is 0.287 e. The number of fused-ring (bicyclic) bond motifs is 1. The Balaban J connectivity index is 1.38. The molecule has 2 atom stereocenters. The highest BCUT2D eigenvalue weighted by Crippen LogP contribution is 2.20. The molecule has 1 unspecified atom stereocenters. The second kappa shape index (κ2) is 11.6. The monoisotopic (exact) mass is 493 g/mol. The van der Waals surface area contributed by atoms with Crippen LogP contribution in [0.25, 0.3) is 11.0 Å². The molecule has 0 radical (unpaired) electrons. The van der Waals surface area contributed by atoms with E-state index < -0.39 is 18.0 Å². The van der Waals surface area contributed by atoms with Gasteiger partial charge in [-0.05, 0) is 56.0 Å². The first-order valence-corrected chi connectivity index (χ1v) is 12.7. The molecule has 0 saturated carbocycles. The second-order valence-electron chi connectivity index (χ2n) is 9.91. The number of nitrogens with one attached hydrogen (secondary N) is 2. The average molecular weight is 494 g/mol. The number of carbonyl (C=O) groups excluding carboxylic acids is 3. The van der Waals surface area contributed by atoms with Crippen LogP contribution in [0, 0.1) is 5.92 Å². The van der Waals surface area contributed by atoms with Gasteiger partial charge in [0.05, 0.1) is 19.1 Å². The molecular formula is C28H35N3O5. The van der Waals surface area contributed by atoms with Crippen molar-refractivity contribution in [2.75, 3.05) is 13.1 Å². The average Bonchev–Trinajstić information content (AvgIpc) is 3.45. The zero-order valence-electron chi connectivity index (χ0n) is 21.2. The van der Waals surface area contributed by atoms with Crippen LogP contribution in [-0.4, -0.2) is 47.7 Å². The fourth-order valence-electron chi connectivity index (χ4n) is 4.59. The summed E-state index contributed by atoms with van der Waals surface area (Å²) >= 11 is 0. The lowest BCUT2D eigenvalue weighted by atomic mass is 10.0. The SMILES string of the molecule is CCc1ccc(CN2CCCC(NC(=O)[C@H](CC(C)C)NC(=O)c3cc4ccccc4o3)C(=O)C2)o1. The van der Waals surface area contributed by atoms with Gasteiger partial charge in [-0.1, -0.05) is 39.0 Å². The van der Waals surface area contributed by atoms with E-state index >= 15 is 0 Å². The van der Waals surface area contributed by atoms with Gasteiger partial charge in [0.1, 0.15) is 23.1 Å². The number of aryl methyl sites for hydroxylation is 1. The summed E-state index contributed by atoms with van der Waals surface area (Å²) in [6, 6.07) is 11.6. The topological polar surface area (TPSA) is 105 Å². The summed E-state index contributed by atoms with van der Waals surface area (Å²) in [4.78, 5) is 41.2. The molecule has 2 aromatic heterocycles. The Labute approximate surface area is 211 Å². The normalized spacial score (nSPS) is 17.8. The predicted molar refractivity (Wildman–Crippen MR) is 136 cm³/mol. The Hall–Kier alpha value is -3.39. The quantitative estimate of drug-likeness (QED) is 0.465. The molecule has 0 bridgehead atoms. The van der Waals surface area contributed by atoms with Crippen molar-refractivity contribution in [3.63, 3.8) is 0 Å². The molecule has 192 valence electrons. The van der Waals surface area contributed by atoms with E-state index in [1.165, 1.54) is 0 Å². The summed E-state index contributed by atoms with van der Waals surface area (Å²) in [5, 5.41) is 6.55. The van der Waals surface area contributed by atoms with E-state index in [0.29, 0.717) is 25.0 Å². The molecule has 36 heavy (non-hydrogen) atoms. The van der Waals surface area contributed by atoms with Crippen LogP contribution in [0.4, 0.5) is 0 Å². The van der Waals surface area contributed by atoms with Crippen LogP contribution >= 0.6 is 0 Å². The van der Waals surface area contributed by atoms with E-state index in [9.17, 15) is 14.4 Å². The number of Topliss-reactive ketones (excluding diaryl/α,β-unsaturated/α-hetero) is 1. The maximum atomic E-state index is 13.2. The highest BCUT2D eigenvalue weighted by Gasteiger charge is 2.30. The first-order valence-electron chi connectivity index (χ1n) is 12.7. The number of furan rings is 2. The van der Waals surface area contributed by atoms with Crippen LogP contribution in [-0.2, 0) is 22.6 Å². The summed E-state index contributed by atoms with van der Waals surface area (Å²) in [5.74, 6) is 1.26. The molecular weight excluding hydrogens is 458 g/mol. The van der Waals surface area contributed by atoms with Crippen molar-refractivity contribution in [1.82, 2.24) is 15.5 Å². The van der Waals surface area contributed by atoms with Crippen LogP contribution in [0.2, 0.25) is 0 Å². The molecule has 1 aliphatic heterocycles. The predicted octanol–water partition coefficient (Wildman–Crippen LogP) is 4.08. The number of hydrogen-bond acceptors (Lipinski definition) is 6. The largest absolute Gasteiger partial charge is 0.465 e. The number of ketones is 1. The Kier molecular flexibility index (Phi) is 8.25. The third-order valence-corrected chi connectivity index (χ3v) is 6.48. The Morgan fingerprint density at radius 1 is 1.11 bits per heavy atom. The number of hydrogen-bond donors (Lipinski definition) is 2. The number of nitrogens with zero attached hydrogens (tertiary/aromatic N) is 1. The van der Waals surface area contributed by atoms with E-state index in [-0.39, 0.29) is 29.9 Å². The number of amides is 2. The van der Waals surface area contributed by atoms with Crippen molar-refractivity contribution in [2.45, 2.75) is 65.1 Å². The Morgan fingerprint density at radius 2 is 1.89 bits per heavy atom. The van der Waals surface area contributed by atoms with Gasteiger partial charge in [-0.3, -0.25) is 19.3 Å². The summed E-state index contributed by atoms with van der Waals surface area (Å²) in [5.41, 5.74) is 0.613. The van der Waals surface area contributed by atoms with Gasteiger partial charge < -0.3 is 19.5 Å². The van der Waals surface area contributed by atoms with Gasteiger partial charge in [0, 0.05) is 11.8 Å². The zero-order chi connectivity index (χ0) is 25.7. The molecule has 2 amide bonds. The highest BCUT2D eigenvalue weighted by molar-refractivity contribution is 5.99. The minimum absolute atomic E-state index is 0.0324. The summed E-state index contributed by atoms with van der Waals surface area (Å²) in [7, 11) is 0. The standard InChI is InChI=1S/C28H35N3O5/c1-4-20-11-12-21(35-20)16-31-13-7-9-22(24(32)17-31)29-27(33)23(14-18(2)3)30-28(34)26-15-19-8-5-6-10-25(19)36-26/h5-6,8,10-12,15,18,22-23H,4,7,9,13-14,16-17H2,1-3H3,(H,29,33)(H,30,34)/t22?,23-/m0/s1. The van der Waals surface area contributed by atoms with E-state index in [4.69, 9.17) is 8.83 Å². The van der Waals surface area contributed by atoms with Crippen LogP contribution in [0.5, 0.6) is 0 Å². The maximum Gasteiger partial charge on any atom is 0.287 e. The number of benzene rings is 1. The van der Waals surface area contributed by atoms with E-state index in [1.54, 1.807) is 12.1 Å². The zero-order valence-corrected chi connectivity index (χ0v) is 21.2. The van der Waals surface area contributed by atoms with Crippen molar-refractivity contribution in [2.24, 2.45) is 5.92 Å². The minimum Gasteiger partial charge on any atom is -0.465 e. The van der Waals surface area contributed by atoms with Gasteiger partial charge in [-0.2, -0.15) is 0 Å². The lowest BCUT2D eigenvalue weighted by Gasteiger charge is -2.23. The van der Waals surface area contributed by atoms with E-state index in [0.717, 1.165) is 36.3 Å².